The molecule has 1 unspecified atom stereocenters. The summed E-state index contributed by atoms with van der Waals surface area (Å²) in [6.45, 7) is 7.41. The highest BCUT2D eigenvalue weighted by Crippen LogP contribution is 2.22. The molecule has 2 N–H and O–H groups in total. The number of halogens is 1. The van der Waals surface area contributed by atoms with E-state index in [1.165, 1.54) is 11.3 Å². The second kappa shape index (κ2) is 9.07. The van der Waals surface area contributed by atoms with E-state index in [-0.39, 0.29) is 23.9 Å². The van der Waals surface area contributed by atoms with Crippen LogP contribution in [0.3, 0.4) is 0 Å². The first-order valence-corrected chi connectivity index (χ1v) is 10.7. The molecule has 2 aromatic rings. The highest BCUT2D eigenvalue weighted by atomic mass is 35.5. The van der Waals surface area contributed by atoms with E-state index in [9.17, 15) is 9.59 Å². The van der Waals surface area contributed by atoms with Gasteiger partial charge in [-0.15, -0.1) is 11.3 Å². The number of aryl methyl sites for hydroxylation is 2. The molecule has 5 nitrogen and oxygen atoms in total. The maximum atomic E-state index is 12.7. The third kappa shape index (κ3) is 5.13. The average molecular weight is 420 g/mol. The second-order valence-electron chi connectivity index (χ2n) is 7.32. The molecule has 2 amide bonds. The molecule has 1 fully saturated rings. The zero-order valence-electron chi connectivity index (χ0n) is 16.4. The van der Waals surface area contributed by atoms with Crippen LogP contribution in [0.2, 0.25) is 5.02 Å². The number of carbonyl (C=O) groups is 2. The molecule has 1 aliphatic heterocycles. The Morgan fingerprint density at radius 2 is 1.89 bits per heavy atom. The molecule has 0 bridgehead atoms. The van der Waals surface area contributed by atoms with Crippen molar-refractivity contribution in [3.05, 3.63) is 50.7 Å². The molecule has 3 rings (SSSR count). The molecule has 0 radical (unpaired) electrons. The zero-order valence-corrected chi connectivity index (χ0v) is 18.0. The normalized spacial score (nSPS) is 16.6. The van der Waals surface area contributed by atoms with E-state index in [4.69, 9.17) is 11.6 Å². The highest BCUT2D eigenvalue weighted by molar-refractivity contribution is 7.13. The summed E-state index contributed by atoms with van der Waals surface area (Å²) in [5.74, 6) is -0.0410. The Bertz CT molecular complexity index is 859. The molecule has 150 valence electrons. The van der Waals surface area contributed by atoms with Crippen LogP contribution in [0.4, 0.5) is 5.69 Å². The number of anilines is 1. The molecule has 1 aliphatic rings. The predicted molar refractivity (Wildman–Crippen MR) is 115 cm³/mol. The van der Waals surface area contributed by atoms with Gasteiger partial charge in [0.05, 0.1) is 10.9 Å². The summed E-state index contributed by atoms with van der Waals surface area (Å²) in [6.07, 6.45) is 1.67. The van der Waals surface area contributed by atoms with Crippen LogP contribution in [0.15, 0.2) is 30.3 Å². The van der Waals surface area contributed by atoms with Crippen LogP contribution in [0, 0.1) is 13.8 Å². The van der Waals surface area contributed by atoms with Gasteiger partial charge in [0.1, 0.15) is 0 Å². The van der Waals surface area contributed by atoms with Crippen molar-refractivity contribution in [3.8, 4) is 0 Å². The first-order valence-electron chi connectivity index (χ1n) is 9.52. The second-order valence-corrected chi connectivity index (χ2v) is 9.04. The van der Waals surface area contributed by atoms with Crippen LogP contribution in [-0.4, -0.2) is 41.9 Å². The Hall–Kier alpha value is -1.89. The fraction of sp³-hybridized carbons (Fsp3) is 0.429. The lowest BCUT2D eigenvalue weighted by Crippen LogP contribution is -2.50. The number of nitrogens with one attached hydrogen (secondary N) is 2. The quantitative estimate of drug-likeness (QED) is 0.761. The van der Waals surface area contributed by atoms with E-state index in [2.05, 4.69) is 15.5 Å². The molecule has 7 heteroatoms. The number of likely N-dealkylation sites (tertiary alicyclic amines) is 1. The van der Waals surface area contributed by atoms with Crippen molar-refractivity contribution in [2.45, 2.75) is 45.7 Å². The zero-order chi connectivity index (χ0) is 20.3. The Morgan fingerprint density at radius 3 is 2.54 bits per heavy atom. The van der Waals surface area contributed by atoms with Crippen molar-refractivity contribution in [2.24, 2.45) is 0 Å². The van der Waals surface area contributed by atoms with Gasteiger partial charge >= 0.3 is 0 Å². The Kier molecular flexibility index (Phi) is 6.75. The maximum absolute atomic E-state index is 12.7. The number of benzene rings is 1. The van der Waals surface area contributed by atoms with Crippen LogP contribution in [0.5, 0.6) is 0 Å². The first kappa shape index (κ1) is 20.8. The van der Waals surface area contributed by atoms with E-state index in [1.54, 1.807) is 6.07 Å². The van der Waals surface area contributed by atoms with Crippen molar-refractivity contribution in [3.63, 3.8) is 0 Å². The molecule has 1 aromatic heterocycles. The topological polar surface area (TPSA) is 61.4 Å². The largest absolute Gasteiger partial charge is 0.349 e. The van der Waals surface area contributed by atoms with Gasteiger partial charge in [0.2, 0.25) is 5.91 Å². The van der Waals surface area contributed by atoms with Gasteiger partial charge in [-0.1, -0.05) is 17.7 Å². The van der Waals surface area contributed by atoms with Crippen molar-refractivity contribution in [2.75, 3.05) is 18.4 Å². The van der Waals surface area contributed by atoms with Crippen LogP contribution in [-0.2, 0) is 4.79 Å². The molecule has 1 atom stereocenters. The summed E-state index contributed by atoms with van der Waals surface area (Å²) in [5, 5.41) is 6.71. The number of hydrogen-bond donors (Lipinski definition) is 2. The molecule has 1 saturated heterocycles. The van der Waals surface area contributed by atoms with Crippen LogP contribution in [0.1, 0.15) is 39.9 Å². The summed E-state index contributed by atoms with van der Waals surface area (Å²) in [6, 6.07) is 9.22. The summed E-state index contributed by atoms with van der Waals surface area (Å²) in [7, 11) is 0. The van der Waals surface area contributed by atoms with Crippen molar-refractivity contribution >= 4 is 40.4 Å². The number of rotatable bonds is 5. The number of nitrogens with zero attached hydrogens (tertiary/aromatic N) is 1. The highest BCUT2D eigenvalue weighted by Gasteiger charge is 2.28. The van der Waals surface area contributed by atoms with Crippen LogP contribution >= 0.6 is 22.9 Å². The molecule has 28 heavy (non-hydrogen) atoms. The summed E-state index contributed by atoms with van der Waals surface area (Å²) in [5.41, 5.74) is 1.73. The van der Waals surface area contributed by atoms with E-state index in [1.807, 2.05) is 45.0 Å². The van der Waals surface area contributed by atoms with Gasteiger partial charge in [-0.3, -0.25) is 14.5 Å². The predicted octanol–water partition coefficient (Wildman–Crippen LogP) is 4.24. The Labute approximate surface area is 175 Å². The molecular formula is C21H26ClN3O2S. The van der Waals surface area contributed by atoms with Gasteiger partial charge in [-0.25, -0.2) is 0 Å². The molecule has 0 aliphatic carbocycles. The minimum absolute atomic E-state index is 0.00114. The van der Waals surface area contributed by atoms with E-state index >= 15 is 0 Å². The van der Waals surface area contributed by atoms with E-state index in [0.29, 0.717) is 5.02 Å². The fourth-order valence-corrected chi connectivity index (χ4v) is 4.32. The smallest absolute Gasteiger partial charge is 0.261 e. The van der Waals surface area contributed by atoms with E-state index in [0.717, 1.165) is 46.9 Å². The minimum Gasteiger partial charge on any atom is -0.349 e. The Balaban J connectivity index is 1.50. The van der Waals surface area contributed by atoms with Gasteiger partial charge < -0.3 is 10.6 Å². The molecule has 2 heterocycles. The van der Waals surface area contributed by atoms with Gasteiger partial charge in [-0.05, 0) is 63.4 Å². The van der Waals surface area contributed by atoms with Crippen molar-refractivity contribution < 1.29 is 9.59 Å². The monoisotopic (exact) mass is 419 g/mol. The number of thiophene rings is 1. The van der Waals surface area contributed by atoms with Crippen molar-refractivity contribution in [1.82, 2.24) is 10.2 Å². The summed E-state index contributed by atoms with van der Waals surface area (Å²) in [4.78, 5) is 29.0. The third-order valence-corrected chi connectivity index (χ3v) is 6.45. The number of piperidine rings is 1. The minimum atomic E-state index is -0.241. The van der Waals surface area contributed by atoms with Crippen LogP contribution < -0.4 is 10.6 Å². The van der Waals surface area contributed by atoms with Crippen molar-refractivity contribution in [1.29, 1.82) is 0 Å². The lowest BCUT2D eigenvalue weighted by atomic mass is 10.0. The molecule has 0 saturated carbocycles. The van der Waals surface area contributed by atoms with Crippen LogP contribution in [0.25, 0.3) is 0 Å². The lowest BCUT2D eigenvalue weighted by molar-refractivity contribution is -0.121. The first-order chi connectivity index (χ1) is 13.3. The van der Waals surface area contributed by atoms with Gasteiger partial charge in [-0.2, -0.15) is 0 Å². The summed E-state index contributed by atoms with van der Waals surface area (Å²) >= 11 is 7.55. The Morgan fingerprint density at radius 1 is 1.18 bits per heavy atom. The standard InChI is InChI=1S/C21H26ClN3O2S/c1-13-4-6-16(22)12-18(13)24-20(26)15(3)25-10-8-17(9-11-25)23-21(27)19-7-5-14(2)28-19/h4-7,12,15,17H,8-11H2,1-3H3,(H,23,27)(H,24,26). The summed E-state index contributed by atoms with van der Waals surface area (Å²) < 4.78 is 0. The molecule has 1 aromatic carbocycles. The number of hydrogen-bond acceptors (Lipinski definition) is 4. The SMILES string of the molecule is Cc1ccc(C(=O)NC2CCN(C(C)C(=O)Nc3cc(Cl)ccc3C)CC2)s1. The van der Waals surface area contributed by atoms with Gasteiger partial charge in [0.15, 0.2) is 0 Å². The third-order valence-electron chi connectivity index (χ3n) is 5.21. The number of amides is 2. The van der Waals surface area contributed by atoms with Gasteiger partial charge in [0.25, 0.3) is 5.91 Å². The molecule has 0 spiro atoms. The number of carbonyl (C=O) groups excluding carboxylic acids is 2. The lowest BCUT2D eigenvalue weighted by Gasteiger charge is -2.35. The van der Waals surface area contributed by atoms with Gasteiger partial charge in [0, 0.05) is 34.7 Å². The fourth-order valence-electron chi connectivity index (χ4n) is 3.38. The molecular weight excluding hydrogens is 394 g/mol. The van der Waals surface area contributed by atoms with E-state index < -0.39 is 0 Å². The maximum Gasteiger partial charge on any atom is 0.261 e. The average Bonchev–Trinajstić information content (AvgIpc) is 3.11.